The van der Waals surface area contributed by atoms with E-state index in [9.17, 15) is 0 Å². The van der Waals surface area contributed by atoms with Crippen LogP contribution in [0, 0.1) is 6.92 Å². The molecule has 8 nitrogen and oxygen atoms in total. The Labute approximate surface area is 223 Å². The molecule has 5 N–H and O–H groups in total. The maximum Gasteiger partial charge on any atom is 0.197 e. The van der Waals surface area contributed by atoms with E-state index in [0.717, 1.165) is 75.2 Å². The van der Waals surface area contributed by atoms with Crippen molar-refractivity contribution in [3.05, 3.63) is 65.3 Å². The summed E-state index contributed by atoms with van der Waals surface area (Å²) < 4.78 is 0. The number of piperidine rings is 1. The van der Waals surface area contributed by atoms with Crippen LogP contribution in [-0.2, 0) is 19.3 Å². The van der Waals surface area contributed by atoms with Crippen molar-refractivity contribution in [2.45, 2.75) is 58.4 Å². The first-order valence-corrected chi connectivity index (χ1v) is 13.8. The van der Waals surface area contributed by atoms with Crippen molar-refractivity contribution in [1.29, 1.82) is 0 Å². The molecule has 2 saturated heterocycles. The van der Waals surface area contributed by atoms with Crippen molar-refractivity contribution in [3.8, 4) is 0 Å². The molecule has 2 fully saturated rings. The summed E-state index contributed by atoms with van der Waals surface area (Å²) in [6.45, 7) is 18.3. The van der Waals surface area contributed by atoms with Crippen LogP contribution in [0.3, 0.4) is 0 Å². The summed E-state index contributed by atoms with van der Waals surface area (Å²) in [6.07, 6.45) is 5.14. The predicted molar refractivity (Wildman–Crippen MR) is 158 cm³/mol. The Bertz CT molecular complexity index is 1170. The number of aryl methyl sites for hydroxylation is 3. The largest absolute Gasteiger partial charge is 0.382 e. The molecule has 1 unspecified atom stereocenters. The summed E-state index contributed by atoms with van der Waals surface area (Å²) in [4.78, 5) is 15.8. The zero-order valence-electron chi connectivity index (χ0n) is 22.5. The number of hydrogen-bond donors (Lipinski definition) is 4. The maximum atomic E-state index is 6.06. The summed E-state index contributed by atoms with van der Waals surface area (Å²) in [5.41, 5.74) is 12.8. The molecule has 9 heteroatoms. The molecular formula is C28H41N8P. The van der Waals surface area contributed by atoms with Crippen LogP contribution in [0.25, 0.3) is 5.70 Å². The van der Waals surface area contributed by atoms with E-state index in [1.54, 1.807) is 0 Å². The Balaban J connectivity index is 1.27. The second-order valence-corrected chi connectivity index (χ2v) is 10.6. The molecule has 2 aliphatic rings. The third kappa shape index (κ3) is 6.42. The van der Waals surface area contributed by atoms with Gasteiger partial charge in [0.1, 0.15) is 5.69 Å². The van der Waals surface area contributed by atoms with Gasteiger partial charge in [-0.15, -0.1) is 0 Å². The minimum Gasteiger partial charge on any atom is -0.382 e. The van der Waals surface area contributed by atoms with E-state index in [1.165, 1.54) is 16.7 Å². The average Bonchev–Trinajstić information content (AvgIpc) is 3.27. The number of likely N-dealkylation sites (tertiary alicyclic amines) is 1. The first-order chi connectivity index (χ1) is 17.7. The average molecular weight is 521 g/mol. The highest BCUT2D eigenvalue weighted by atomic mass is 31.0. The molecule has 4 rings (SSSR count). The minimum atomic E-state index is -0.0237. The topological polar surface area (TPSA) is 103 Å². The van der Waals surface area contributed by atoms with E-state index in [1.807, 2.05) is 6.92 Å². The molecular weight excluding hydrogens is 479 g/mol. The third-order valence-electron chi connectivity index (χ3n) is 7.41. The van der Waals surface area contributed by atoms with Gasteiger partial charge in [0.2, 0.25) is 0 Å². The van der Waals surface area contributed by atoms with E-state index in [-0.39, 0.29) is 5.54 Å². The van der Waals surface area contributed by atoms with Crippen molar-refractivity contribution in [2.24, 2.45) is 4.99 Å². The number of nitrogens with two attached hydrogens (primary N) is 1. The lowest BCUT2D eigenvalue weighted by molar-refractivity contribution is 0.185. The minimum absolute atomic E-state index is 0.0237. The van der Waals surface area contributed by atoms with Crippen molar-refractivity contribution in [2.75, 3.05) is 31.9 Å². The number of aromatic nitrogens is 2. The number of hydrogen-bond acceptors (Lipinski definition) is 6. The monoisotopic (exact) mass is 520 g/mol. The van der Waals surface area contributed by atoms with E-state index in [2.05, 4.69) is 90.3 Å². The van der Waals surface area contributed by atoms with Gasteiger partial charge >= 0.3 is 0 Å². The van der Waals surface area contributed by atoms with E-state index in [0.29, 0.717) is 23.2 Å². The van der Waals surface area contributed by atoms with Crippen LogP contribution in [0.4, 0.5) is 5.82 Å². The molecule has 0 saturated carbocycles. The molecule has 2 aromatic rings. The van der Waals surface area contributed by atoms with Gasteiger partial charge in [0.15, 0.2) is 11.8 Å². The van der Waals surface area contributed by atoms with Gasteiger partial charge < -0.3 is 26.6 Å². The van der Waals surface area contributed by atoms with Gasteiger partial charge in [-0.2, -0.15) is 0 Å². The lowest BCUT2D eigenvalue weighted by Crippen LogP contribution is -2.53. The lowest BCUT2D eigenvalue weighted by Gasteiger charge is -2.40. The standard InChI is InChI=1S/C28H41N8P/c1-6-21-14-22(7-2)16-23(15-21)8-11-30-20(5)36-12-9-28(10-13-36)17-31-27(35-28)33-18(3)24-25(29)34-26(37)19(4)32-24/h14-16,30H,3,5-13,17,37H2,1-2,4H3,(H2,29,34)(H2,31,33,35). The van der Waals surface area contributed by atoms with Gasteiger partial charge in [-0.1, -0.05) is 54.4 Å². The highest BCUT2D eigenvalue weighted by Crippen LogP contribution is 2.26. The zero-order chi connectivity index (χ0) is 26.6. The SMILES string of the molecule is C=C(/N=C1\NCC2(CCN(C(=C)NCCc3cc(CC)cc(CC)c3)CC2)N1)c1nc(C)c(P)nc1N. The summed E-state index contributed by atoms with van der Waals surface area (Å²) in [5.74, 6) is 2.05. The van der Waals surface area contributed by atoms with Crippen LogP contribution < -0.4 is 27.1 Å². The van der Waals surface area contributed by atoms with Crippen molar-refractivity contribution in [3.63, 3.8) is 0 Å². The number of nitrogen functional groups attached to an aromatic ring is 1. The number of guanidine groups is 1. The van der Waals surface area contributed by atoms with E-state index in [4.69, 9.17) is 5.73 Å². The molecule has 1 atom stereocenters. The second kappa shape index (κ2) is 11.5. The van der Waals surface area contributed by atoms with Crippen LogP contribution >= 0.6 is 9.24 Å². The second-order valence-electron chi connectivity index (χ2n) is 10.1. The van der Waals surface area contributed by atoms with Crippen LogP contribution in [-0.4, -0.2) is 52.5 Å². The number of anilines is 1. The predicted octanol–water partition coefficient (Wildman–Crippen LogP) is 2.65. The molecule has 0 radical (unpaired) electrons. The van der Waals surface area contributed by atoms with Crippen LogP contribution in [0.15, 0.2) is 42.2 Å². The zero-order valence-corrected chi connectivity index (χ0v) is 23.6. The number of nitrogens with one attached hydrogen (secondary N) is 3. The van der Waals surface area contributed by atoms with E-state index >= 15 is 0 Å². The summed E-state index contributed by atoms with van der Waals surface area (Å²) in [6, 6.07) is 6.99. The fourth-order valence-electron chi connectivity index (χ4n) is 4.97. The fourth-order valence-corrected chi connectivity index (χ4v) is 5.17. The van der Waals surface area contributed by atoms with Gasteiger partial charge in [0.05, 0.1) is 28.2 Å². The van der Waals surface area contributed by atoms with Gasteiger partial charge in [-0.3, -0.25) is 0 Å². The fraction of sp³-hybridized carbons (Fsp3) is 0.464. The number of aliphatic imine (C=N–C) groups is 1. The van der Waals surface area contributed by atoms with Gasteiger partial charge in [0, 0.05) is 26.2 Å². The summed E-state index contributed by atoms with van der Waals surface area (Å²) in [7, 11) is 2.54. The van der Waals surface area contributed by atoms with Crippen molar-refractivity contribution < 1.29 is 0 Å². The number of rotatable bonds is 9. The Hall–Kier alpha value is -3.12. The quantitative estimate of drug-likeness (QED) is 0.377. The Morgan fingerprint density at radius 3 is 2.43 bits per heavy atom. The molecule has 1 aromatic heterocycles. The highest BCUT2D eigenvalue weighted by Gasteiger charge is 2.39. The summed E-state index contributed by atoms with van der Waals surface area (Å²) >= 11 is 0. The highest BCUT2D eigenvalue weighted by molar-refractivity contribution is 7.27. The van der Waals surface area contributed by atoms with Gasteiger partial charge in [0.25, 0.3) is 0 Å². The smallest absolute Gasteiger partial charge is 0.197 e. The Kier molecular flexibility index (Phi) is 8.38. The molecule has 0 aliphatic carbocycles. The Morgan fingerprint density at radius 1 is 1.14 bits per heavy atom. The van der Waals surface area contributed by atoms with Crippen LogP contribution in [0.1, 0.15) is 54.8 Å². The first-order valence-electron chi connectivity index (χ1n) is 13.2. The lowest BCUT2D eigenvalue weighted by atomic mass is 9.88. The molecule has 2 aliphatic heterocycles. The van der Waals surface area contributed by atoms with Crippen LogP contribution in [0.5, 0.6) is 0 Å². The maximum absolute atomic E-state index is 6.06. The number of benzene rings is 1. The molecule has 1 aromatic carbocycles. The molecule has 198 valence electrons. The molecule has 0 amide bonds. The number of nitrogens with zero attached hydrogens (tertiary/aromatic N) is 4. The Morgan fingerprint density at radius 2 is 1.78 bits per heavy atom. The molecule has 1 spiro atoms. The normalized spacial score (nSPS) is 17.5. The molecule has 3 heterocycles. The van der Waals surface area contributed by atoms with Crippen molar-refractivity contribution in [1.82, 2.24) is 30.8 Å². The van der Waals surface area contributed by atoms with Gasteiger partial charge in [-0.05, 0) is 55.7 Å². The van der Waals surface area contributed by atoms with E-state index < -0.39 is 0 Å². The molecule has 37 heavy (non-hydrogen) atoms. The molecule has 0 bridgehead atoms. The van der Waals surface area contributed by atoms with Crippen molar-refractivity contribution >= 4 is 32.1 Å². The van der Waals surface area contributed by atoms with Gasteiger partial charge in [-0.25, -0.2) is 15.0 Å². The first kappa shape index (κ1) is 26.9. The van der Waals surface area contributed by atoms with Crippen LogP contribution in [0.2, 0.25) is 0 Å². The third-order valence-corrected chi connectivity index (χ3v) is 7.95. The summed E-state index contributed by atoms with van der Waals surface area (Å²) in [5, 5.41) is 10.6.